The van der Waals surface area contributed by atoms with Gasteiger partial charge in [-0.05, 0) is 35.2 Å². The van der Waals surface area contributed by atoms with Gasteiger partial charge in [-0.25, -0.2) is 13.4 Å². The molecule has 0 spiro atoms. The lowest BCUT2D eigenvalue weighted by Gasteiger charge is -2.20. The van der Waals surface area contributed by atoms with Gasteiger partial charge < -0.3 is 5.32 Å². The molecule has 3 aromatic rings. The van der Waals surface area contributed by atoms with Crippen molar-refractivity contribution in [3.05, 3.63) is 41.0 Å². The van der Waals surface area contributed by atoms with Gasteiger partial charge in [0.1, 0.15) is 0 Å². The fraction of sp³-hybridized carbons (Fsp3) is 0.143. The number of halogens is 1. The molecule has 23 heavy (non-hydrogen) atoms. The number of sulfonamides is 1. The van der Waals surface area contributed by atoms with E-state index in [0.717, 1.165) is 16.5 Å². The highest BCUT2D eigenvalue weighted by Crippen LogP contribution is 2.33. The molecule has 0 saturated carbocycles. The Morgan fingerprint density at radius 3 is 2.70 bits per heavy atom. The average Bonchev–Trinajstić information content (AvgIpc) is 2.94. The Morgan fingerprint density at radius 1 is 1.22 bits per heavy atom. The Morgan fingerprint density at radius 2 is 1.96 bits per heavy atom. The minimum absolute atomic E-state index is 0.132. The Labute approximate surface area is 142 Å². The average molecular weight is 369 g/mol. The standard InChI is InChI=1S/C14H13ClN4O2S2/c1-19(23(2,20)21)11-6-4-3-5-9(11)16-13-12-10(7-8-22-12)17-14(15)18-13/h3-8H,1-2H3,(H,16,17,18). The van der Waals surface area contributed by atoms with Crippen LogP contribution in [0.4, 0.5) is 17.2 Å². The van der Waals surface area contributed by atoms with E-state index in [-0.39, 0.29) is 5.28 Å². The second-order valence-corrected chi connectivity index (χ2v) is 8.12. The number of nitrogens with zero attached hydrogens (tertiary/aromatic N) is 3. The van der Waals surface area contributed by atoms with E-state index in [9.17, 15) is 8.42 Å². The van der Waals surface area contributed by atoms with Gasteiger partial charge in [-0.3, -0.25) is 4.31 Å². The minimum Gasteiger partial charge on any atom is -0.337 e. The Balaban J connectivity index is 2.08. The van der Waals surface area contributed by atoms with Crippen molar-refractivity contribution in [2.24, 2.45) is 0 Å². The summed E-state index contributed by atoms with van der Waals surface area (Å²) in [5, 5.41) is 5.19. The molecular weight excluding hydrogens is 356 g/mol. The first-order chi connectivity index (χ1) is 10.9. The first kappa shape index (κ1) is 16.0. The van der Waals surface area contributed by atoms with Crippen molar-refractivity contribution >= 4 is 60.4 Å². The number of hydrogen-bond donors (Lipinski definition) is 1. The van der Waals surface area contributed by atoms with Gasteiger partial charge in [-0.2, -0.15) is 4.98 Å². The molecule has 0 aliphatic rings. The van der Waals surface area contributed by atoms with Crippen LogP contribution in [-0.4, -0.2) is 31.7 Å². The van der Waals surface area contributed by atoms with Crippen molar-refractivity contribution < 1.29 is 8.42 Å². The van der Waals surface area contributed by atoms with E-state index in [1.54, 1.807) is 18.2 Å². The second-order valence-electron chi connectivity index (χ2n) is 4.85. The van der Waals surface area contributed by atoms with Crippen molar-refractivity contribution in [3.63, 3.8) is 0 Å². The first-order valence-corrected chi connectivity index (χ1v) is 9.67. The zero-order valence-corrected chi connectivity index (χ0v) is 14.7. The molecular formula is C14H13ClN4O2S2. The van der Waals surface area contributed by atoms with Crippen LogP contribution in [0.15, 0.2) is 35.7 Å². The van der Waals surface area contributed by atoms with E-state index in [1.807, 2.05) is 17.5 Å². The molecule has 0 radical (unpaired) electrons. The summed E-state index contributed by atoms with van der Waals surface area (Å²) in [4.78, 5) is 8.37. The highest BCUT2D eigenvalue weighted by molar-refractivity contribution is 7.92. The molecule has 6 nitrogen and oxygen atoms in total. The maximum Gasteiger partial charge on any atom is 0.232 e. The van der Waals surface area contributed by atoms with Crippen molar-refractivity contribution in [2.75, 3.05) is 22.9 Å². The van der Waals surface area contributed by atoms with Gasteiger partial charge in [0.25, 0.3) is 0 Å². The van der Waals surface area contributed by atoms with E-state index in [4.69, 9.17) is 11.6 Å². The predicted molar refractivity (Wildman–Crippen MR) is 95.4 cm³/mol. The molecule has 0 bridgehead atoms. The Kier molecular flexibility index (Phi) is 4.13. The van der Waals surface area contributed by atoms with Crippen LogP contribution in [0.3, 0.4) is 0 Å². The zero-order chi connectivity index (χ0) is 16.6. The lowest BCUT2D eigenvalue weighted by molar-refractivity contribution is 0.600. The molecule has 0 aliphatic heterocycles. The molecule has 2 aromatic heterocycles. The summed E-state index contributed by atoms with van der Waals surface area (Å²) in [5.41, 5.74) is 1.88. The van der Waals surface area contributed by atoms with Gasteiger partial charge in [0.15, 0.2) is 5.82 Å². The molecule has 0 unspecified atom stereocenters. The van der Waals surface area contributed by atoms with E-state index in [0.29, 0.717) is 17.2 Å². The number of nitrogens with one attached hydrogen (secondary N) is 1. The van der Waals surface area contributed by atoms with Crippen molar-refractivity contribution in [1.82, 2.24) is 9.97 Å². The summed E-state index contributed by atoms with van der Waals surface area (Å²) in [7, 11) is -1.87. The van der Waals surface area contributed by atoms with Crippen LogP contribution < -0.4 is 9.62 Å². The normalized spacial score (nSPS) is 11.6. The number of thiophene rings is 1. The predicted octanol–water partition coefficient (Wildman–Crippen LogP) is 3.48. The molecule has 0 aliphatic carbocycles. The fourth-order valence-corrected chi connectivity index (χ4v) is 3.55. The third-order valence-corrected chi connectivity index (χ3v) is 5.54. The molecule has 3 rings (SSSR count). The number of para-hydroxylation sites is 2. The van der Waals surface area contributed by atoms with Crippen LogP contribution in [-0.2, 0) is 10.0 Å². The second kappa shape index (κ2) is 5.95. The number of hydrogen-bond acceptors (Lipinski definition) is 6. The number of benzene rings is 1. The lowest BCUT2D eigenvalue weighted by atomic mass is 10.2. The van der Waals surface area contributed by atoms with Crippen LogP contribution in [0, 0.1) is 0 Å². The van der Waals surface area contributed by atoms with Gasteiger partial charge in [0, 0.05) is 7.05 Å². The van der Waals surface area contributed by atoms with Gasteiger partial charge >= 0.3 is 0 Å². The molecule has 0 atom stereocenters. The van der Waals surface area contributed by atoms with Gasteiger partial charge in [-0.15, -0.1) is 11.3 Å². The summed E-state index contributed by atoms with van der Waals surface area (Å²) in [6, 6.07) is 8.95. The third kappa shape index (κ3) is 3.24. The number of anilines is 3. The molecule has 1 aromatic carbocycles. The number of rotatable bonds is 4. The van der Waals surface area contributed by atoms with E-state index in [2.05, 4.69) is 15.3 Å². The maximum absolute atomic E-state index is 11.8. The minimum atomic E-state index is -3.37. The first-order valence-electron chi connectivity index (χ1n) is 6.57. The summed E-state index contributed by atoms with van der Waals surface area (Å²) in [5.74, 6) is 0.546. The third-order valence-electron chi connectivity index (χ3n) is 3.27. The number of aromatic nitrogens is 2. The van der Waals surface area contributed by atoms with Gasteiger partial charge in [0.2, 0.25) is 15.3 Å². The van der Waals surface area contributed by atoms with Gasteiger partial charge in [0.05, 0.1) is 27.8 Å². The van der Waals surface area contributed by atoms with Crippen LogP contribution in [0.5, 0.6) is 0 Å². The molecule has 120 valence electrons. The Bertz CT molecular complexity index is 972. The number of fused-ring (bicyclic) bond motifs is 1. The van der Waals surface area contributed by atoms with Gasteiger partial charge in [-0.1, -0.05) is 12.1 Å². The smallest absolute Gasteiger partial charge is 0.232 e. The summed E-state index contributed by atoms with van der Waals surface area (Å²) in [6.45, 7) is 0. The molecule has 0 amide bonds. The highest BCUT2D eigenvalue weighted by atomic mass is 35.5. The van der Waals surface area contributed by atoms with E-state index < -0.39 is 10.0 Å². The lowest BCUT2D eigenvalue weighted by Crippen LogP contribution is -2.25. The molecule has 0 fully saturated rings. The molecule has 9 heteroatoms. The topological polar surface area (TPSA) is 75.2 Å². The van der Waals surface area contributed by atoms with Crippen LogP contribution in [0.25, 0.3) is 10.2 Å². The zero-order valence-electron chi connectivity index (χ0n) is 12.3. The van der Waals surface area contributed by atoms with Crippen molar-refractivity contribution in [2.45, 2.75) is 0 Å². The summed E-state index contributed by atoms with van der Waals surface area (Å²) >= 11 is 7.44. The maximum atomic E-state index is 11.8. The van der Waals surface area contributed by atoms with Crippen molar-refractivity contribution in [3.8, 4) is 0 Å². The molecule has 1 N–H and O–H groups in total. The largest absolute Gasteiger partial charge is 0.337 e. The highest BCUT2D eigenvalue weighted by Gasteiger charge is 2.17. The quantitative estimate of drug-likeness (QED) is 0.713. The monoisotopic (exact) mass is 368 g/mol. The van der Waals surface area contributed by atoms with Crippen LogP contribution in [0.2, 0.25) is 5.28 Å². The van der Waals surface area contributed by atoms with E-state index in [1.165, 1.54) is 22.7 Å². The fourth-order valence-electron chi connectivity index (χ4n) is 2.08. The van der Waals surface area contributed by atoms with Crippen LogP contribution in [0.1, 0.15) is 0 Å². The van der Waals surface area contributed by atoms with E-state index >= 15 is 0 Å². The SMILES string of the molecule is CN(c1ccccc1Nc1nc(Cl)nc2ccsc12)S(C)(=O)=O. The van der Waals surface area contributed by atoms with Crippen molar-refractivity contribution in [1.29, 1.82) is 0 Å². The molecule has 2 heterocycles. The van der Waals surface area contributed by atoms with Crippen LogP contribution >= 0.6 is 22.9 Å². The molecule has 0 saturated heterocycles. The summed E-state index contributed by atoms with van der Waals surface area (Å²) < 4.78 is 25.7. The Hall–Kier alpha value is -1.90. The summed E-state index contributed by atoms with van der Waals surface area (Å²) in [6.07, 6.45) is 1.16.